The summed E-state index contributed by atoms with van der Waals surface area (Å²) in [5.41, 5.74) is 1.67. The molecule has 0 aliphatic heterocycles. The first kappa shape index (κ1) is 15.1. The molecule has 0 aromatic carbocycles. The van der Waals surface area contributed by atoms with Gasteiger partial charge in [-0.05, 0) is 55.7 Å². The van der Waals surface area contributed by atoms with Crippen molar-refractivity contribution in [1.82, 2.24) is 5.32 Å². The first-order valence-corrected chi connectivity index (χ1v) is 9.04. The van der Waals surface area contributed by atoms with E-state index in [0.29, 0.717) is 6.04 Å². The molecule has 0 amide bonds. The summed E-state index contributed by atoms with van der Waals surface area (Å²) in [6.45, 7) is 5.74. The lowest BCUT2D eigenvalue weighted by atomic mass is 9.80. The molecule has 1 aromatic heterocycles. The SMILES string of the molecule is CCCCCC(NCCC)C1CCCc2sccc21. The van der Waals surface area contributed by atoms with Crippen LogP contribution in [-0.2, 0) is 6.42 Å². The number of hydrogen-bond acceptors (Lipinski definition) is 2. The maximum atomic E-state index is 3.83. The summed E-state index contributed by atoms with van der Waals surface area (Å²) < 4.78 is 0. The Morgan fingerprint density at radius 3 is 3.00 bits per heavy atom. The number of hydrogen-bond donors (Lipinski definition) is 1. The number of fused-ring (bicyclic) bond motifs is 1. The lowest BCUT2D eigenvalue weighted by Gasteiger charge is -2.31. The summed E-state index contributed by atoms with van der Waals surface area (Å²) in [7, 11) is 0. The quantitative estimate of drug-likeness (QED) is 0.651. The van der Waals surface area contributed by atoms with Crippen LogP contribution in [0.4, 0.5) is 0 Å². The number of aryl methyl sites for hydroxylation is 1. The van der Waals surface area contributed by atoms with Crippen LogP contribution in [0.15, 0.2) is 11.4 Å². The highest BCUT2D eigenvalue weighted by atomic mass is 32.1. The molecule has 0 fully saturated rings. The zero-order valence-corrected chi connectivity index (χ0v) is 13.4. The average molecular weight is 279 g/mol. The molecule has 0 spiro atoms. The Hall–Kier alpha value is -0.340. The monoisotopic (exact) mass is 279 g/mol. The first-order chi connectivity index (χ1) is 9.36. The lowest BCUT2D eigenvalue weighted by molar-refractivity contribution is 0.365. The summed E-state index contributed by atoms with van der Waals surface area (Å²) in [4.78, 5) is 1.66. The van der Waals surface area contributed by atoms with Crippen molar-refractivity contribution in [3.63, 3.8) is 0 Å². The van der Waals surface area contributed by atoms with Crippen molar-refractivity contribution in [3.8, 4) is 0 Å². The molecular weight excluding hydrogens is 250 g/mol. The van der Waals surface area contributed by atoms with Gasteiger partial charge in [0.2, 0.25) is 0 Å². The van der Waals surface area contributed by atoms with Crippen LogP contribution < -0.4 is 5.32 Å². The van der Waals surface area contributed by atoms with Crippen LogP contribution in [0.2, 0.25) is 0 Å². The first-order valence-electron chi connectivity index (χ1n) is 8.16. The normalized spacial score (nSPS) is 20.2. The van der Waals surface area contributed by atoms with Crippen LogP contribution in [0, 0.1) is 0 Å². The van der Waals surface area contributed by atoms with E-state index in [1.807, 2.05) is 11.3 Å². The molecule has 108 valence electrons. The Morgan fingerprint density at radius 2 is 2.21 bits per heavy atom. The molecule has 1 heterocycles. The molecule has 2 heteroatoms. The van der Waals surface area contributed by atoms with E-state index >= 15 is 0 Å². The number of thiophene rings is 1. The fourth-order valence-corrected chi connectivity index (χ4v) is 4.33. The minimum Gasteiger partial charge on any atom is -0.313 e. The Kier molecular flexibility index (Phi) is 6.39. The maximum absolute atomic E-state index is 3.83. The largest absolute Gasteiger partial charge is 0.313 e. The zero-order valence-electron chi connectivity index (χ0n) is 12.6. The molecule has 1 nitrogen and oxygen atoms in total. The van der Waals surface area contributed by atoms with Gasteiger partial charge in [-0.25, -0.2) is 0 Å². The van der Waals surface area contributed by atoms with E-state index in [1.54, 1.807) is 10.4 Å². The van der Waals surface area contributed by atoms with Gasteiger partial charge >= 0.3 is 0 Å². The average Bonchev–Trinajstić information content (AvgIpc) is 2.91. The van der Waals surface area contributed by atoms with Crippen LogP contribution in [0.25, 0.3) is 0 Å². The second kappa shape index (κ2) is 8.06. The van der Waals surface area contributed by atoms with Crippen LogP contribution in [-0.4, -0.2) is 12.6 Å². The highest BCUT2D eigenvalue weighted by Gasteiger charge is 2.27. The predicted molar refractivity (Wildman–Crippen MR) is 86.2 cm³/mol. The van der Waals surface area contributed by atoms with E-state index in [-0.39, 0.29) is 0 Å². The third-order valence-corrected chi connectivity index (χ3v) is 5.36. The molecule has 2 unspecified atom stereocenters. The third kappa shape index (κ3) is 4.06. The lowest BCUT2D eigenvalue weighted by Crippen LogP contribution is -2.36. The summed E-state index contributed by atoms with van der Waals surface area (Å²) >= 11 is 1.97. The van der Waals surface area contributed by atoms with Crippen molar-refractivity contribution in [2.24, 2.45) is 0 Å². The molecule has 1 aliphatic carbocycles. The van der Waals surface area contributed by atoms with Crippen molar-refractivity contribution >= 4 is 11.3 Å². The smallest absolute Gasteiger partial charge is 0.0136 e. The van der Waals surface area contributed by atoms with Crippen LogP contribution >= 0.6 is 11.3 Å². The van der Waals surface area contributed by atoms with Gasteiger partial charge < -0.3 is 5.32 Å². The van der Waals surface area contributed by atoms with Gasteiger partial charge in [-0.2, -0.15) is 0 Å². The van der Waals surface area contributed by atoms with Crippen molar-refractivity contribution < 1.29 is 0 Å². The summed E-state index contributed by atoms with van der Waals surface area (Å²) in [5, 5.41) is 6.13. The van der Waals surface area contributed by atoms with Crippen LogP contribution in [0.1, 0.15) is 75.2 Å². The predicted octanol–water partition coefficient (Wildman–Crippen LogP) is 5.12. The highest BCUT2D eigenvalue weighted by molar-refractivity contribution is 7.10. The highest BCUT2D eigenvalue weighted by Crippen LogP contribution is 2.38. The van der Waals surface area contributed by atoms with E-state index in [1.165, 1.54) is 57.9 Å². The van der Waals surface area contributed by atoms with Gasteiger partial charge in [0.25, 0.3) is 0 Å². The zero-order chi connectivity index (χ0) is 13.5. The van der Waals surface area contributed by atoms with E-state index in [4.69, 9.17) is 0 Å². The van der Waals surface area contributed by atoms with Gasteiger partial charge in [0, 0.05) is 16.8 Å². The molecule has 2 atom stereocenters. The van der Waals surface area contributed by atoms with Crippen molar-refractivity contribution in [2.45, 2.75) is 77.2 Å². The molecule has 1 N–H and O–H groups in total. The van der Waals surface area contributed by atoms with Crippen LogP contribution in [0.5, 0.6) is 0 Å². The minimum absolute atomic E-state index is 0.708. The van der Waals surface area contributed by atoms with Gasteiger partial charge in [-0.3, -0.25) is 0 Å². The topological polar surface area (TPSA) is 12.0 Å². The molecule has 0 saturated heterocycles. The van der Waals surface area contributed by atoms with Crippen LogP contribution in [0.3, 0.4) is 0 Å². The Morgan fingerprint density at radius 1 is 1.32 bits per heavy atom. The molecule has 1 aliphatic rings. The summed E-state index contributed by atoms with van der Waals surface area (Å²) in [6.07, 6.45) is 10.8. The van der Waals surface area contributed by atoms with Crippen molar-refractivity contribution in [1.29, 1.82) is 0 Å². The molecule has 2 rings (SSSR count). The van der Waals surface area contributed by atoms with E-state index in [9.17, 15) is 0 Å². The van der Waals surface area contributed by atoms with Gasteiger partial charge in [-0.15, -0.1) is 11.3 Å². The van der Waals surface area contributed by atoms with E-state index < -0.39 is 0 Å². The summed E-state index contributed by atoms with van der Waals surface area (Å²) in [5.74, 6) is 0.776. The van der Waals surface area contributed by atoms with E-state index in [0.717, 1.165) is 5.92 Å². The number of nitrogens with one attached hydrogen (secondary N) is 1. The molecule has 0 bridgehead atoms. The number of unbranched alkanes of at least 4 members (excludes halogenated alkanes) is 2. The second-order valence-corrected chi connectivity index (χ2v) is 6.85. The van der Waals surface area contributed by atoms with E-state index in [2.05, 4.69) is 30.6 Å². The van der Waals surface area contributed by atoms with Gasteiger partial charge in [0.05, 0.1) is 0 Å². The molecule has 19 heavy (non-hydrogen) atoms. The fourth-order valence-electron chi connectivity index (χ4n) is 3.33. The van der Waals surface area contributed by atoms with Crippen molar-refractivity contribution in [2.75, 3.05) is 6.54 Å². The van der Waals surface area contributed by atoms with Crippen molar-refractivity contribution in [3.05, 3.63) is 21.9 Å². The fraction of sp³-hybridized carbons (Fsp3) is 0.765. The molecule has 0 radical (unpaired) electrons. The standard InChI is InChI=1S/C17H29NS/c1-3-5-6-9-16(18-12-4-2)14-8-7-10-17-15(14)11-13-19-17/h11,13-14,16,18H,3-10,12H2,1-2H3. The molecule has 1 aromatic rings. The summed E-state index contributed by atoms with van der Waals surface area (Å²) in [6, 6.07) is 3.10. The Labute approximate surface area is 122 Å². The number of rotatable bonds is 8. The Bertz CT molecular complexity index is 358. The molecule has 0 saturated carbocycles. The maximum Gasteiger partial charge on any atom is 0.0136 e. The van der Waals surface area contributed by atoms with Gasteiger partial charge in [0.1, 0.15) is 0 Å². The van der Waals surface area contributed by atoms with Gasteiger partial charge in [-0.1, -0.05) is 33.1 Å². The third-order valence-electron chi connectivity index (χ3n) is 4.36. The Balaban J connectivity index is 2.01. The van der Waals surface area contributed by atoms with Gasteiger partial charge in [0.15, 0.2) is 0 Å². The minimum atomic E-state index is 0.708. The molecular formula is C17H29NS. The second-order valence-electron chi connectivity index (χ2n) is 5.85.